The molecule has 1 fully saturated rings. The van der Waals surface area contributed by atoms with Gasteiger partial charge in [0.1, 0.15) is 6.10 Å². The monoisotopic (exact) mass is 227 g/mol. The molecule has 0 aliphatic carbocycles. The molecular formula is C13H25NO2. The number of carbonyl (C=O) groups excluding carboxylic acids is 1. The summed E-state index contributed by atoms with van der Waals surface area (Å²) in [4.78, 5) is 11.9. The minimum Gasteiger partial charge on any atom is -0.462 e. The van der Waals surface area contributed by atoms with Gasteiger partial charge in [0.25, 0.3) is 0 Å². The van der Waals surface area contributed by atoms with Crippen molar-refractivity contribution >= 4 is 5.97 Å². The van der Waals surface area contributed by atoms with E-state index in [2.05, 4.69) is 12.2 Å². The number of ether oxygens (including phenoxy) is 1. The van der Waals surface area contributed by atoms with Gasteiger partial charge in [-0.25, -0.2) is 0 Å². The van der Waals surface area contributed by atoms with Crippen molar-refractivity contribution in [3.8, 4) is 0 Å². The zero-order valence-electron chi connectivity index (χ0n) is 11.0. The predicted molar refractivity (Wildman–Crippen MR) is 65.2 cm³/mol. The highest BCUT2D eigenvalue weighted by Crippen LogP contribution is 2.24. The number of rotatable bonds is 4. The number of hydrogen-bond donors (Lipinski definition) is 1. The van der Waals surface area contributed by atoms with Crippen LogP contribution in [0.2, 0.25) is 0 Å². The third-order valence-corrected chi connectivity index (χ3v) is 3.07. The van der Waals surface area contributed by atoms with Crippen LogP contribution in [0.5, 0.6) is 0 Å². The SMILES string of the molecule is CCC[C@@H](OC(=O)C(C)(C)C)[C@H]1CCNC1. The molecule has 1 heterocycles. The van der Waals surface area contributed by atoms with Crippen LogP contribution in [0.25, 0.3) is 0 Å². The summed E-state index contributed by atoms with van der Waals surface area (Å²) in [5.74, 6) is 0.434. The van der Waals surface area contributed by atoms with Crippen LogP contribution in [0.15, 0.2) is 0 Å². The van der Waals surface area contributed by atoms with Crippen LogP contribution in [0.3, 0.4) is 0 Å². The van der Waals surface area contributed by atoms with Gasteiger partial charge in [-0.2, -0.15) is 0 Å². The zero-order valence-corrected chi connectivity index (χ0v) is 11.0. The Morgan fingerprint density at radius 1 is 1.50 bits per heavy atom. The van der Waals surface area contributed by atoms with E-state index in [9.17, 15) is 4.79 Å². The molecule has 1 saturated heterocycles. The maximum absolute atomic E-state index is 11.9. The van der Waals surface area contributed by atoms with Gasteiger partial charge in [0.2, 0.25) is 0 Å². The average molecular weight is 227 g/mol. The molecule has 2 atom stereocenters. The summed E-state index contributed by atoms with van der Waals surface area (Å²) in [5, 5.41) is 3.33. The lowest BCUT2D eigenvalue weighted by atomic mass is 9.95. The molecule has 1 aliphatic rings. The van der Waals surface area contributed by atoms with E-state index in [-0.39, 0.29) is 12.1 Å². The van der Waals surface area contributed by atoms with Gasteiger partial charge in [0.05, 0.1) is 5.41 Å². The summed E-state index contributed by atoms with van der Waals surface area (Å²) in [5.41, 5.74) is -0.391. The first-order valence-electron chi connectivity index (χ1n) is 6.37. The first-order chi connectivity index (χ1) is 7.45. The molecule has 0 aromatic carbocycles. The van der Waals surface area contributed by atoms with Gasteiger partial charge < -0.3 is 10.1 Å². The predicted octanol–water partition coefficient (Wildman–Crippen LogP) is 2.35. The quantitative estimate of drug-likeness (QED) is 0.749. The molecule has 16 heavy (non-hydrogen) atoms. The fourth-order valence-corrected chi connectivity index (χ4v) is 1.98. The standard InChI is InChI=1S/C13H25NO2/c1-5-6-11(10-7-8-14-9-10)16-12(15)13(2,3)4/h10-11,14H,5-9H2,1-4H3/t10-,11+/m0/s1. The number of nitrogens with one attached hydrogen (secondary N) is 1. The normalized spacial score (nSPS) is 23.1. The van der Waals surface area contributed by atoms with Gasteiger partial charge in [-0.15, -0.1) is 0 Å². The molecule has 0 radical (unpaired) electrons. The van der Waals surface area contributed by atoms with Crippen LogP contribution in [-0.4, -0.2) is 25.2 Å². The van der Waals surface area contributed by atoms with Gasteiger partial charge in [-0.05, 0) is 40.2 Å². The molecule has 1 aliphatic heterocycles. The Labute approximate surface area is 98.9 Å². The highest BCUT2D eigenvalue weighted by molar-refractivity contribution is 5.75. The van der Waals surface area contributed by atoms with Crippen molar-refractivity contribution in [3.05, 3.63) is 0 Å². The van der Waals surface area contributed by atoms with Crippen LogP contribution < -0.4 is 5.32 Å². The van der Waals surface area contributed by atoms with Gasteiger partial charge in [0.15, 0.2) is 0 Å². The molecule has 3 nitrogen and oxygen atoms in total. The van der Waals surface area contributed by atoms with Crippen molar-refractivity contribution in [1.29, 1.82) is 0 Å². The Hall–Kier alpha value is -0.570. The lowest BCUT2D eigenvalue weighted by Gasteiger charge is -2.26. The topological polar surface area (TPSA) is 38.3 Å². The summed E-state index contributed by atoms with van der Waals surface area (Å²) >= 11 is 0. The highest BCUT2D eigenvalue weighted by atomic mass is 16.5. The first-order valence-corrected chi connectivity index (χ1v) is 6.37. The molecule has 0 unspecified atom stereocenters. The minimum atomic E-state index is -0.391. The molecular weight excluding hydrogens is 202 g/mol. The van der Waals surface area contributed by atoms with Crippen LogP contribution in [0.1, 0.15) is 47.0 Å². The molecule has 3 heteroatoms. The molecule has 0 saturated carbocycles. The fraction of sp³-hybridized carbons (Fsp3) is 0.923. The third kappa shape index (κ3) is 3.78. The molecule has 0 aromatic rings. The molecule has 0 spiro atoms. The van der Waals surface area contributed by atoms with Crippen LogP contribution in [0, 0.1) is 11.3 Å². The van der Waals surface area contributed by atoms with Crippen molar-refractivity contribution in [2.75, 3.05) is 13.1 Å². The molecule has 0 amide bonds. The Bertz CT molecular complexity index is 227. The number of esters is 1. The summed E-state index contributed by atoms with van der Waals surface area (Å²) in [6.07, 6.45) is 3.28. The molecule has 0 aromatic heterocycles. The van der Waals surface area contributed by atoms with E-state index >= 15 is 0 Å². The number of carbonyl (C=O) groups is 1. The summed E-state index contributed by atoms with van der Waals surface area (Å²) in [7, 11) is 0. The van der Waals surface area contributed by atoms with E-state index in [1.54, 1.807) is 0 Å². The Kier molecular flexibility index (Phi) is 4.78. The van der Waals surface area contributed by atoms with E-state index in [0.29, 0.717) is 5.92 Å². The maximum Gasteiger partial charge on any atom is 0.311 e. The van der Waals surface area contributed by atoms with Crippen molar-refractivity contribution in [1.82, 2.24) is 5.32 Å². The van der Waals surface area contributed by atoms with Crippen LogP contribution >= 0.6 is 0 Å². The van der Waals surface area contributed by atoms with E-state index < -0.39 is 5.41 Å². The van der Waals surface area contributed by atoms with E-state index in [4.69, 9.17) is 4.74 Å². The second-order valence-corrected chi connectivity index (χ2v) is 5.74. The van der Waals surface area contributed by atoms with Crippen LogP contribution in [0.4, 0.5) is 0 Å². The average Bonchev–Trinajstić information content (AvgIpc) is 2.68. The maximum atomic E-state index is 11.9. The van der Waals surface area contributed by atoms with Crippen molar-refractivity contribution in [3.63, 3.8) is 0 Å². The van der Waals surface area contributed by atoms with Gasteiger partial charge >= 0.3 is 5.97 Å². The second-order valence-electron chi connectivity index (χ2n) is 5.74. The second kappa shape index (κ2) is 5.67. The molecule has 1 rings (SSSR count). The summed E-state index contributed by atoms with van der Waals surface area (Å²) < 4.78 is 5.66. The van der Waals surface area contributed by atoms with Gasteiger partial charge in [0, 0.05) is 12.5 Å². The lowest BCUT2D eigenvalue weighted by Crippen LogP contribution is -2.33. The van der Waals surface area contributed by atoms with E-state index in [1.807, 2.05) is 20.8 Å². The highest BCUT2D eigenvalue weighted by Gasteiger charge is 2.31. The number of hydrogen-bond acceptors (Lipinski definition) is 3. The van der Waals surface area contributed by atoms with Crippen molar-refractivity contribution in [2.24, 2.45) is 11.3 Å². The Morgan fingerprint density at radius 2 is 2.19 bits per heavy atom. The zero-order chi connectivity index (χ0) is 12.2. The third-order valence-electron chi connectivity index (χ3n) is 3.07. The van der Waals surface area contributed by atoms with Gasteiger partial charge in [-0.1, -0.05) is 13.3 Å². The summed E-state index contributed by atoms with van der Waals surface area (Å²) in [6, 6.07) is 0. The largest absolute Gasteiger partial charge is 0.462 e. The van der Waals surface area contributed by atoms with E-state index in [1.165, 1.54) is 0 Å². The Balaban J connectivity index is 2.53. The van der Waals surface area contributed by atoms with Crippen LogP contribution in [-0.2, 0) is 9.53 Å². The fourth-order valence-electron chi connectivity index (χ4n) is 1.98. The first kappa shape index (κ1) is 13.5. The van der Waals surface area contributed by atoms with Gasteiger partial charge in [-0.3, -0.25) is 4.79 Å². The minimum absolute atomic E-state index is 0.0714. The molecule has 94 valence electrons. The van der Waals surface area contributed by atoms with Crippen molar-refractivity contribution < 1.29 is 9.53 Å². The Morgan fingerprint density at radius 3 is 2.62 bits per heavy atom. The molecule has 1 N–H and O–H groups in total. The summed E-state index contributed by atoms with van der Waals surface area (Å²) in [6.45, 7) is 9.90. The van der Waals surface area contributed by atoms with Crippen molar-refractivity contribution in [2.45, 2.75) is 53.1 Å². The van der Waals surface area contributed by atoms with E-state index in [0.717, 1.165) is 32.4 Å². The lowest BCUT2D eigenvalue weighted by molar-refractivity contribution is -0.161. The smallest absolute Gasteiger partial charge is 0.311 e. The molecule has 0 bridgehead atoms.